The Balaban J connectivity index is 1.56. The third kappa shape index (κ3) is 5.80. The number of hydrogen-bond acceptors (Lipinski definition) is 6. The molecule has 0 aromatic heterocycles. The zero-order valence-electron chi connectivity index (χ0n) is 17.8. The maximum Gasteiger partial charge on any atom is 0.237 e. The van der Waals surface area contributed by atoms with Crippen LogP contribution < -0.4 is 15.5 Å². The van der Waals surface area contributed by atoms with Gasteiger partial charge in [-0.25, -0.2) is 8.42 Å². The van der Waals surface area contributed by atoms with E-state index in [1.54, 1.807) is 6.07 Å². The van der Waals surface area contributed by atoms with E-state index in [2.05, 4.69) is 10.6 Å². The second kappa shape index (κ2) is 9.74. The fraction of sp³-hybridized carbons (Fsp3) is 0.364. The van der Waals surface area contributed by atoms with Gasteiger partial charge in [-0.3, -0.25) is 9.59 Å². The molecule has 1 heterocycles. The predicted molar refractivity (Wildman–Crippen MR) is 124 cm³/mol. The lowest BCUT2D eigenvalue weighted by Gasteiger charge is -2.23. The summed E-state index contributed by atoms with van der Waals surface area (Å²) < 4.78 is 25.4. The minimum atomic E-state index is -3.65. The first kappa shape index (κ1) is 23.1. The average molecular weight is 462 g/mol. The monoisotopic (exact) mass is 461 g/mol. The summed E-state index contributed by atoms with van der Waals surface area (Å²) in [4.78, 5) is 27.2. The van der Waals surface area contributed by atoms with Gasteiger partial charge in [-0.05, 0) is 42.3 Å². The summed E-state index contributed by atoms with van der Waals surface area (Å²) in [5.41, 5.74) is 2.51. The summed E-state index contributed by atoms with van der Waals surface area (Å²) in [6.45, 7) is 2.28. The SMILES string of the molecule is CC[C@@H]1Sc2ccc(S(=O)(=O)CCC(=O)NCc3ccc(N(C)C)cc3)cc2NC1=O. The molecular weight excluding hydrogens is 434 g/mol. The Labute approximate surface area is 187 Å². The average Bonchev–Trinajstić information content (AvgIpc) is 2.75. The van der Waals surface area contributed by atoms with E-state index >= 15 is 0 Å². The molecule has 1 atom stereocenters. The molecule has 0 radical (unpaired) electrons. The third-order valence-electron chi connectivity index (χ3n) is 5.04. The summed E-state index contributed by atoms with van der Waals surface area (Å²) in [6, 6.07) is 12.5. The van der Waals surface area contributed by atoms with Crippen LogP contribution in [0.1, 0.15) is 25.3 Å². The van der Waals surface area contributed by atoms with Gasteiger partial charge in [0.25, 0.3) is 0 Å². The highest BCUT2D eigenvalue weighted by atomic mass is 32.2. The summed E-state index contributed by atoms with van der Waals surface area (Å²) >= 11 is 1.44. The number of rotatable bonds is 8. The van der Waals surface area contributed by atoms with E-state index in [0.717, 1.165) is 16.1 Å². The van der Waals surface area contributed by atoms with Crippen molar-refractivity contribution in [2.24, 2.45) is 0 Å². The fourth-order valence-electron chi connectivity index (χ4n) is 3.14. The molecule has 0 saturated carbocycles. The first-order valence-corrected chi connectivity index (χ1v) is 12.6. The molecule has 0 aliphatic carbocycles. The Morgan fingerprint density at radius 3 is 2.52 bits per heavy atom. The van der Waals surface area contributed by atoms with Crippen LogP contribution in [-0.2, 0) is 26.0 Å². The Hall–Kier alpha value is -2.52. The van der Waals surface area contributed by atoms with Gasteiger partial charge in [0, 0.05) is 37.6 Å². The van der Waals surface area contributed by atoms with Crippen molar-refractivity contribution in [1.82, 2.24) is 5.32 Å². The Morgan fingerprint density at radius 2 is 1.87 bits per heavy atom. The minimum Gasteiger partial charge on any atom is -0.378 e. The van der Waals surface area contributed by atoms with Gasteiger partial charge in [-0.15, -0.1) is 11.8 Å². The van der Waals surface area contributed by atoms with E-state index in [9.17, 15) is 18.0 Å². The zero-order chi connectivity index (χ0) is 22.6. The summed E-state index contributed by atoms with van der Waals surface area (Å²) in [5, 5.41) is 5.37. The fourth-order valence-corrected chi connectivity index (χ4v) is 5.42. The number of carbonyl (C=O) groups excluding carboxylic acids is 2. The van der Waals surface area contributed by atoms with Gasteiger partial charge in [0.05, 0.1) is 21.6 Å². The van der Waals surface area contributed by atoms with Crippen molar-refractivity contribution in [1.29, 1.82) is 0 Å². The molecule has 0 unspecified atom stereocenters. The predicted octanol–water partition coefficient (Wildman–Crippen LogP) is 3.06. The molecule has 1 aliphatic rings. The van der Waals surface area contributed by atoms with Gasteiger partial charge >= 0.3 is 0 Å². The van der Waals surface area contributed by atoms with Crippen LogP contribution >= 0.6 is 11.8 Å². The van der Waals surface area contributed by atoms with Gasteiger partial charge in [0.15, 0.2) is 9.84 Å². The molecule has 9 heteroatoms. The number of benzene rings is 2. The maximum absolute atomic E-state index is 12.7. The van der Waals surface area contributed by atoms with Gasteiger partial charge in [-0.2, -0.15) is 0 Å². The summed E-state index contributed by atoms with van der Waals surface area (Å²) in [5.74, 6) is -0.740. The first-order chi connectivity index (χ1) is 14.7. The third-order valence-corrected chi connectivity index (χ3v) is 8.20. The van der Waals surface area contributed by atoms with Crippen molar-refractivity contribution in [3.8, 4) is 0 Å². The van der Waals surface area contributed by atoms with Crippen LogP contribution in [0.25, 0.3) is 0 Å². The second-order valence-corrected chi connectivity index (χ2v) is 10.9. The number of carbonyl (C=O) groups is 2. The van der Waals surface area contributed by atoms with Crippen molar-refractivity contribution in [2.75, 3.05) is 30.1 Å². The molecule has 2 amide bonds. The van der Waals surface area contributed by atoms with E-state index in [1.807, 2.05) is 50.2 Å². The topological polar surface area (TPSA) is 95.6 Å². The van der Waals surface area contributed by atoms with E-state index in [-0.39, 0.29) is 34.1 Å². The number of thioether (sulfide) groups is 1. The van der Waals surface area contributed by atoms with Gasteiger partial charge in [0.1, 0.15) is 0 Å². The molecule has 166 valence electrons. The Bertz CT molecular complexity index is 1070. The lowest BCUT2D eigenvalue weighted by molar-refractivity contribution is -0.121. The zero-order valence-corrected chi connectivity index (χ0v) is 19.5. The minimum absolute atomic E-state index is 0.106. The Morgan fingerprint density at radius 1 is 1.16 bits per heavy atom. The van der Waals surface area contributed by atoms with Crippen LogP contribution in [0.4, 0.5) is 11.4 Å². The molecular formula is C22H27N3O4S2. The van der Waals surface area contributed by atoms with Crippen LogP contribution in [0.3, 0.4) is 0 Å². The first-order valence-electron chi connectivity index (χ1n) is 10.1. The molecule has 0 spiro atoms. The summed E-state index contributed by atoms with van der Waals surface area (Å²) in [6.07, 6.45) is 0.569. The highest BCUT2D eigenvalue weighted by molar-refractivity contribution is 8.01. The molecule has 0 bridgehead atoms. The molecule has 2 N–H and O–H groups in total. The standard InChI is InChI=1S/C22H27N3O4S2/c1-4-19-22(27)24-18-13-17(9-10-20(18)30-19)31(28,29)12-11-21(26)23-14-15-5-7-16(8-6-15)25(2)3/h5-10,13,19H,4,11-12,14H2,1-3H3,(H,23,26)(H,24,27)/t19-/m0/s1. The quantitative estimate of drug-likeness (QED) is 0.627. The number of fused-ring (bicyclic) bond motifs is 1. The molecule has 31 heavy (non-hydrogen) atoms. The number of anilines is 2. The van der Waals surface area contributed by atoms with Crippen molar-refractivity contribution >= 4 is 44.8 Å². The molecule has 7 nitrogen and oxygen atoms in total. The number of sulfone groups is 1. The van der Waals surface area contributed by atoms with Crippen molar-refractivity contribution in [3.05, 3.63) is 48.0 Å². The highest BCUT2D eigenvalue weighted by Crippen LogP contribution is 2.38. The number of nitrogens with one attached hydrogen (secondary N) is 2. The van der Waals surface area contributed by atoms with Crippen LogP contribution in [0.5, 0.6) is 0 Å². The van der Waals surface area contributed by atoms with E-state index in [1.165, 1.54) is 23.9 Å². The molecule has 0 saturated heterocycles. The Kier molecular flexibility index (Phi) is 7.27. The molecule has 2 aromatic carbocycles. The smallest absolute Gasteiger partial charge is 0.237 e. The van der Waals surface area contributed by atoms with Crippen LogP contribution in [0.2, 0.25) is 0 Å². The number of nitrogens with zero attached hydrogens (tertiary/aromatic N) is 1. The van der Waals surface area contributed by atoms with Gasteiger partial charge in [-0.1, -0.05) is 19.1 Å². The molecule has 3 rings (SSSR count). The van der Waals surface area contributed by atoms with Gasteiger partial charge < -0.3 is 15.5 Å². The lowest BCUT2D eigenvalue weighted by atomic mass is 10.2. The largest absolute Gasteiger partial charge is 0.378 e. The van der Waals surface area contributed by atoms with E-state index < -0.39 is 9.84 Å². The highest BCUT2D eigenvalue weighted by Gasteiger charge is 2.27. The molecule has 0 fully saturated rings. The van der Waals surface area contributed by atoms with Crippen LogP contribution in [0, 0.1) is 0 Å². The van der Waals surface area contributed by atoms with Crippen molar-refractivity contribution in [3.63, 3.8) is 0 Å². The van der Waals surface area contributed by atoms with Crippen LogP contribution in [0.15, 0.2) is 52.3 Å². The number of hydrogen-bond donors (Lipinski definition) is 2. The second-order valence-electron chi connectivity index (χ2n) is 7.57. The summed E-state index contributed by atoms with van der Waals surface area (Å²) in [7, 11) is 0.255. The lowest BCUT2D eigenvalue weighted by Crippen LogP contribution is -2.28. The molecule has 2 aromatic rings. The molecule has 1 aliphatic heterocycles. The van der Waals surface area contributed by atoms with Crippen LogP contribution in [-0.4, -0.2) is 45.3 Å². The van der Waals surface area contributed by atoms with E-state index in [4.69, 9.17) is 0 Å². The van der Waals surface area contributed by atoms with Gasteiger partial charge in [0.2, 0.25) is 11.8 Å². The van der Waals surface area contributed by atoms with Crippen molar-refractivity contribution in [2.45, 2.75) is 41.4 Å². The number of amides is 2. The normalized spacial score (nSPS) is 15.7. The van der Waals surface area contributed by atoms with Crippen molar-refractivity contribution < 1.29 is 18.0 Å². The van der Waals surface area contributed by atoms with E-state index in [0.29, 0.717) is 18.7 Å². The maximum atomic E-state index is 12.7.